The minimum absolute atomic E-state index is 0.224. The molecule has 162 valence electrons. The maximum Gasteiger partial charge on any atom is 0.268 e. The number of rotatable bonds is 5. The van der Waals surface area contributed by atoms with Crippen molar-refractivity contribution in [1.82, 2.24) is 3.97 Å². The zero-order chi connectivity index (χ0) is 22.5. The normalized spacial score (nSPS) is 11.8. The first-order valence-electron chi connectivity index (χ1n) is 9.96. The summed E-state index contributed by atoms with van der Waals surface area (Å²) in [6, 6.07) is 21.4. The van der Waals surface area contributed by atoms with Crippen molar-refractivity contribution in [2.24, 2.45) is 0 Å². The van der Waals surface area contributed by atoms with E-state index < -0.39 is 10.0 Å². The second-order valence-corrected chi connectivity index (χ2v) is 9.18. The average Bonchev–Trinajstić information content (AvgIpc) is 3.15. The van der Waals surface area contributed by atoms with Gasteiger partial charge in [-0.1, -0.05) is 18.2 Å². The smallest absolute Gasteiger partial charge is 0.268 e. The van der Waals surface area contributed by atoms with Gasteiger partial charge in [0.15, 0.2) is 11.5 Å². The Kier molecular flexibility index (Phi) is 4.71. The van der Waals surface area contributed by atoms with Crippen LogP contribution in [-0.2, 0) is 10.0 Å². The van der Waals surface area contributed by atoms with Gasteiger partial charge < -0.3 is 14.2 Å². The van der Waals surface area contributed by atoms with Crippen LogP contribution in [0.25, 0.3) is 32.6 Å². The quantitative estimate of drug-likeness (QED) is 0.370. The van der Waals surface area contributed by atoms with Crippen LogP contribution in [0.1, 0.15) is 0 Å². The lowest BCUT2D eigenvalue weighted by Gasteiger charge is -2.11. The van der Waals surface area contributed by atoms with Crippen LogP contribution >= 0.6 is 0 Å². The van der Waals surface area contributed by atoms with Crippen molar-refractivity contribution in [2.45, 2.75) is 4.90 Å². The van der Waals surface area contributed by atoms with Gasteiger partial charge in [-0.25, -0.2) is 12.4 Å². The molecular formula is C25H21NO5S. The van der Waals surface area contributed by atoms with Gasteiger partial charge in [0, 0.05) is 10.8 Å². The topological polar surface area (TPSA) is 66.8 Å². The largest absolute Gasteiger partial charge is 0.497 e. The van der Waals surface area contributed by atoms with Crippen molar-refractivity contribution >= 4 is 42.6 Å². The molecule has 1 aromatic heterocycles. The summed E-state index contributed by atoms with van der Waals surface area (Å²) in [6.45, 7) is 0. The second kappa shape index (κ2) is 7.46. The van der Waals surface area contributed by atoms with E-state index in [4.69, 9.17) is 14.2 Å². The molecule has 0 aliphatic rings. The first-order valence-corrected chi connectivity index (χ1v) is 11.4. The van der Waals surface area contributed by atoms with E-state index in [1.165, 1.54) is 3.97 Å². The molecule has 4 aromatic carbocycles. The Labute approximate surface area is 185 Å². The first kappa shape index (κ1) is 20.2. The van der Waals surface area contributed by atoms with Gasteiger partial charge in [0.25, 0.3) is 10.0 Å². The molecule has 0 atom stereocenters. The molecule has 0 amide bonds. The summed E-state index contributed by atoms with van der Waals surface area (Å²) < 4.78 is 45.2. The summed E-state index contributed by atoms with van der Waals surface area (Å²) in [5.41, 5.74) is 1.16. The van der Waals surface area contributed by atoms with Crippen molar-refractivity contribution < 1.29 is 22.6 Å². The Bertz CT molecular complexity index is 1590. The number of aromatic nitrogens is 1. The van der Waals surface area contributed by atoms with Crippen molar-refractivity contribution in [2.75, 3.05) is 21.3 Å². The second-order valence-electron chi connectivity index (χ2n) is 7.39. The lowest BCUT2D eigenvalue weighted by Crippen LogP contribution is -2.12. The maximum absolute atomic E-state index is 13.7. The van der Waals surface area contributed by atoms with Crippen molar-refractivity contribution in [1.29, 1.82) is 0 Å². The lowest BCUT2D eigenvalue weighted by molar-refractivity contribution is 0.356. The molecule has 6 nitrogen and oxygen atoms in total. The third kappa shape index (κ3) is 2.97. The van der Waals surface area contributed by atoms with E-state index in [1.54, 1.807) is 63.8 Å². The number of hydrogen-bond acceptors (Lipinski definition) is 5. The zero-order valence-electron chi connectivity index (χ0n) is 17.8. The number of ether oxygens (including phenoxy) is 3. The predicted octanol–water partition coefficient (Wildman–Crippen LogP) is 5.21. The molecule has 0 spiro atoms. The van der Waals surface area contributed by atoms with E-state index >= 15 is 0 Å². The summed E-state index contributed by atoms with van der Waals surface area (Å²) in [4.78, 5) is 0.224. The molecule has 0 radical (unpaired) electrons. The summed E-state index contributed by atoms with van der Waals surface area (Å²) >= 11 is 0. The van der Waals surface area contributed by atoms with Crippen LogP contribution in [0.2, 0.25) is 0 Å². The van der Waals surface area contributed by atoms with E-state index in [9.17, 15) is 8.42 Å². The molecular weight excluding hydrogens is 426 g/mol. The Morgan fingerprint density at radius 1 is 0.656 bits per heavy atom. The van der Waals surface area contributed by atoms with Gasteiger partial charge in [-0.3, -0.25) is 0 Å². The fourth-order valence-corrected chi connectivity index (χ4v) is 5.66. The highest BCUT2D eigenvalue weighted by atomic mass is 32.2. The van der Waals surface area contributed by atoms with Gasteiger partial charge in [-0.05, 0) is 65.4 Å². The number of methoxy groups -OCH3 is 3. The third-order valence-electron chi connectivity index (χ3n) is 5.67. The minimum atomic E-state index is -3.85. The third-order valence-corrected chi connectivity index (χ3v) is 7.41. The fraction of sp³-hybridized carbons (Fsp3) is 0.120. The Balaban J connectivity index is 1.94. The number of benzene rings is 4. The number of nitrogens with zero attached hydrogens (tertiary/aromatic N) is 1. The van der Waals surface area contributed by atoms with Gasteiger partial charge in [0.2, 0.25) is 0 Å². The Morgan fingerprint density at radius 3 is 1.91 bits per heavy atom. The van der Waals surface area contributed by atoms with Crippen molar-refractivity contribution in [3.05, 3.63) is 72.8 Å². The van der Waals surface area contributed by atoms with Crippen molar-refractivity contribution in [3.8, 4) is 17.2 Å². The summed E-state index contributed by atoms with van der Waals surface area (Å²) in [7, 11) is 0.909. The van der Waals surface area contributed by atoms with E-state index in [-0.39, 0.29) is 4.90 Å². The van der Waals surface area contributed by atoms with Crippen LogP contribution in [0, 0.1) is 0 Å². The minimum Gasteiger partial charge on any atom is -0.497 e. The SMILES string of the molecule is COc1ccc2c(c1)c1cc3cc(OC)c(OC)cc3cc1n2S(=O)(=O)c1ccccc1. The standard InChI is InChI=1S/C25H21NO5S/c1-29-18-9-10-22-21(15-18)20-11-16-13-24(30-2)25(31-3)14-17(16)12-23(20)26(22)32(27,28)19-7-5-4-6-8-19/h4-15H,1-3H3. The molecule has 0 saturated heterocycles. The first-order chi connectivity index (χ1) is 15.5. The summed E-state index contributed by atoms with van der Waals surface area (Å²) in [5, 5.41) is 3.34. The molecule has 0 saturated carbocycles. The Hall–Kier alpha value is -3.71. The molecule has 0 aliphatic heterocycles. The van der Waals surface area contributed by atoms with Gasteiger partial charge in [-0.15, -0.1) is 0 Å². The van der Waals surface area contributed by atoms with E-state index in [2.05, 4.69) is 0 Å². The number of hydrogen-bond donors (Lipinski definition) is 0. The highest BCUT2D eigenvalue weighted by molar-refractivity contribution is 7.90. The molecule has 0 aliphatic carbocycles. The highest BCUT2D eigenvalue weighted by Crippen LogP contribution is 2.39. The molecule has 0 fully saturated rings. The van der Waals surface area contributed by atoms with E-state index in [0.717, 1.165) is 21.5 Å². The highest BCUT2D eigenvalue weighted by Gasteiger charge is 2.24. The molecule has 7 heteroatoms. The van der Waals surface area contributed by atoms with Gasteiger partial charge in [0.1, 0.15) is 5.75 Å². The van der Waals surface area contributed by atoms with Crippen LogP contribution < -0.4 is 14.2 Å². The summed E-state index contributed by atoms with van der Waals surface area (Å²) in [6.07, 6.45) is 0. The zero-order valence-corrected chi connectivity index (χ0v) is 18.6. The van der Waals surface area contributed by atoms with Crippen LogP contribution in [-0.4, -0.2) is 33.7 Å². The van der Waals surface area contributed by atoms with Crippen LogP contribution in [0.4, 0.5) is 0 Å². The monoisotopic (exact) mass is 447 g/mol. The molecule has 1 heterocycles. The van der Waals surface area contributed by atoms with E-state index in [0.29, 0.717) is 28.3 Å². The molecule has 0 N–H and O–H groups in total. The van der Waals surface area contributed by atoms with Crippen LogP contribution in [0.5, 0.6) is 17.2 Å². The van der Waals surface area contributed by atoms with Gasteiger partial charge in [0.05, 0.1) is 37.3 Å². The van der Waals surface area contributed by atoms with Gasteiger partial charge >= 0.3 is 0 Å². The van der Waals surface area contributed by atoms with Crippen molar-refractivity contribution in [3.63, 3.8) is 0 Å². The fourth-order valence-electron chi connectivity index (χ4n) is 4.12. The predicted molar refractivity (Wildman–Crippen MR) is 126 cm³/mol. The Morgan fingerprint density at radius 2 is 1.28 bits per heavy atom. The molecule has 5 rings (SSSR count). The average molecular weight is 448 g/mol. The molecule has 5 aromatic rings. The maximum atomic E-state index is 13.7. The van der Waals surface area contributed by atoms with E-state index in [1.807, 2.05) is 30.3 Å². The summed E-state index contributed by atoms with van der Waals surface area (Å²) in [5.74, 6) is 1.84. The molecule has 0 unspecified atom stereocenters. The molecule has 32 heavy (non-hydrogen) atoms. The molecule has 0 bridgehead atoms. The van der Waals surface area contributed by atoms with Gasteiger partial charge in [-0.2, -0.15) is 0 Å². The lowest BCUT2D eigenvalue weighted by atomic mass is 10.1. The van der Waals surface area contributed by atoms with Crippen LogP contribution in [0.15, 0.2) is 77.7 Å². The number of fused-ring (bicyclic) bond motifs is 4. The van der Waals surface area contributed by atoms with Crippen LogP contribution in [0.3, 0.4) is 0 Å².